The van der Waals surface area contributed by atoms with E-state index in [1.54, 1.807) is 6.92 Å². The van der Waals surface area contributed by atoms with Crippen LogP contribution in [0, 0.1) is 0 Å². The highest BCUT2D eigenvalue weighted by Gasteiger charge is 2.13. The predicted molar refractivity (Wildman–Crippen MR) is 34.0 cm³/mol. The lowest BCUT2D eigenvalue weighted by atomic mass is 10.1. The Morgan fingerprint density at radius 2 is 1.62 bits per heavy atom. The molecule has 0 bridgehead atoms. The number of aliphatic hydroxyl groups is 2. The van der Waals surface area contributed by atoms with E-state index in [1.807, 2.05) is 0 Å². The number of nitrogens with two attached hydrogens (primary N) is 1. The van der Waals surface area contributed by atoms with Gasteiger partial charge >= 0.3 is 0 Å². The SMILES string of the molecule is CC(N)(CO)CO.Cl. The van der Waals surface area contributed by atoms with Crippen LogP contribution in [0.3, 0.4) is 0 Å². The number of hydrogen-bond acceptors (Lipinski definition) is 3. The van der Waals surface area contributed by atoms with Gasteiger partial charge in [-0.3, -0.25) is 0 Å². The number of aliphatic hydroxyl groups excluding tert-OH is 2. The first-order valence-electron chi connectivity index (χ1n) is 2.13. The number of halogens is 1. The minimum Gasteiger partial charge on any atom is -0.394 e. The van der Waals surface area contributed by atoms with E-state index in [-0.39, 0.29) is 25.6 Å². The summed E-state index contributed by atoms with van der Waals surface area (Å²) in [5, 5.41) is 16.6. The van der Waals surface area contributed by atoms with Crippen LogP contribution in [0.1, 0.15) is 6.92 Å². The number of hydrogen-bond donors (Lipinski definition) is 3. The van der Waals surface area contributed by atoms with Gasteiger partial charge in [-0.1, -0.05) is 0 Å². The van der Waals surface area contributed by atoms with Crippen LogP contribution in [-0.2, 0) is 0 Å². The quantitative estimate of drug-likeness (QED) is 0.468. The Balaban J connectivity index is 0. The zero-order valence-corrected chi connectivity index (χ0v) is 5.61. The lowest BCUT2D eigenvalue weighted by Crippen LogP contribution is -2.43. The van der Waals surface area contributed by atoms with Crippen molar-refractivity contribution in [3.63, 3.8) is 0 Å². The van der Waals surface area contributed by atoms with Gasteiger partial charge in [0.25, 0.3) is 0 Å². The Morgan fingerprint density at radius 3 is 1.62 bits per heavy atom. The summed E-state index contributed by atoms with van der Waals surface area (Å²) in [6.07, 6.45) is 0. The highest BCUT2D eigenvalue weighted by molar-refractivity contribution is 5.85. The molecule has 0 heterocycles. The molecule has 0 aliphatic rings. The first-order chi connectivity index (χ1) is 3.12. The maximum atomic E-state index is 8.31. The van der Waals surface area contributed by atoms with Crippen LogP contribution in [0.25, 0.3) is 0 Å². The molecule has 0 saturated heterocycles. The van der Waals surface area contributed by atoms with E-state index in [9.17, 15) is 0 Å². The van der Waals surface area contributed by atoms with E-state index in [4.69, 9.17) is 15.9 Å². The highest BCUT2D eigenvalue weighted by Crippen LogP contribution is 1.91. The number of rotatable bonds is 2. The van der Waals surface area contributed by atoms with Crippen molar-refractivity contribution in [2.45, 2.75) is 12.5 Å². The molecule has 0 unspecified atom stereocenters. The molecule has 0 aliphatic carbocycles. The van der Waals surface area contributed by atoms with Gasteiger partial charge in [-0.25, -0.2) is 0 Å². The van der Waals surface area contributed by atoms with Crippen LogP contribution in [-0.4, -0.2) is 29.0 Å². The first-order valence-corrected chi connectivity index (χ1v) is 2.13. The molecule has 8 heavy (non-hydrogen) atoms. The van der Waals surface area contributed by atoms with Crippen LogP contribution in [0.15, 0.2) is 0 Å². The van der Waals surface area contributed by atoms with Gasteiger partial charge in [0.2, 0.25) is 0 Å². The van der Waals surface area contributed by atoms with Crippen molar-refractivity contribution in [2.75, 3.05) is 13.2 Å². The average molecular weight is 142 g/mol. The molecule has 0 fully saturated rings. The first kappa shape index (κ1) is 11.0. The predicted octanol–water partition coefficient (Wildman–Crippen LogP) is -0.890. The second-order valence-corrected chi connectivity index (χ2v) is 1.97. The maximum Gasteiger partial charge on any atom is 0.0631 e. The van der Waals surface area contributed by atoms with Crippen molar-refractivity contribution in [1.29, 1.82) is 0 Å². The highest BCUT2D eigenvalue weighted by atomic mass is 35.5. The molecule has 0 atom stereocenters. The molecule has 4 N–H and O–H groups in total. The van der Waals surface area contributed by atoms with Crippen molar-refractivity contribution in [1.82, 2.24) is 0 Å². The summed E-state index contributed by atoms with van der Waals surface area (Å²) in [5.41, 5.74) is 4.41. The molecule has 3 nitrogen and oxygen atoms in total. The van der Waals surface area contributed by atoms with Crippen LogP contribution in [0.2, 0.25) is 0 Å². The van der Waals surface area contributed by atoms with Crippen molar-refractivity contribution in [2.24, 2.45) is 5.73 Å². The van der Waals surface area contributed by atoms with Crippen molar-refractivity contribution >= 4 is 12.4 Å². The van der Waals surface area contributed by atoms with Gasteiger partial charge in [-0.15, -0.1) is 12.4 Å². The lowest BCUT2D eigenvalue weighted by Gasteiger charge is -2.16. The van der Waals surface area contributed by atoms with Gasteiger partial charge in [0.05, 0.1) is 18.8 Å². The minimum absolute atomic E-state index is 0. The zero-order chi connectivity index (χ0) is 5.91. The fourth-order valence-electron chi connectivity index (χ4n) is 0.0500. The Morgan fingerprint density at radius 1 is 1.38 bits per heavy atom. The summed E-state index contributed by atoms with van der Waals surface area (Å²) in [6.45, 7) is 1.22. The third kappa shape index (κ3) is 4.33. The van der Waals surface area contributed by atoms with Gasteiger partial charge < -0.3 is 15.9 Å². The van der Waals surface area contributed by atoms with E-state index >= 15 is 0 Å². The Labute approximate surface area is 54.9 Å². The summed E-state index contributed by atoms with van der Waals surface area (Å²) in [5.74, 6) is 0. The molecule has 0 aromatic rings. The topological polar surface area (TPSA) is 66.5 Å². The van der Waals surface area contributed by atoms with E-state index in [0.717, 1.165) is 0 Å². The van der Waals surface area contributed by atoms with Gasteiger partial charge in [-0.05, 0) is 6.92 Å². The normalized spacial score (nSPS) is 10.5. The zero-order valence-electron chi connectivity index (χ0n) is 4.79. The summed E-state index contributed by atoms with van der Waals surface area (Å²) in [4.78, 5) is 0. The second-order valence-electron chi connectivity index (χ2n) is 1.97. The summed E-state index contributed by atoms with van der Waals surface area (Å²) < 4.78 is 0. The Hall–Kier alpha value is 0.170. The Kier molecular flexibility index (Phi) is 5.64. The van der Waals surface area contributed by atoms with Crippen LogP contribution < -0.4 is 5.73 Å². The van der Waals surface area contributed by atoms with Crippen molar-refractivity contribution in [3.05, 3.63) is 0 Å². The molecular weight excluding hydrogens is 130 g/mol. The Bertz CT molecular complexity index is 52.0. The average Bonchev–Trinajstić information content (AvgIpc) is 1.68. The van der Waals surface area contributed by atoms with Crippen LogP contribution in [0.5, 0.6) is 0 Å². The molecule has 52 valence electrons. The molecule has 0 saturated carbocycles. The molecule has 0 aliphatic heterocycles. The summed E-state index contributed by atoms with van der Waals surface area (Å²) in [7, 11) is 0. The molecule has 0 rings (SSSR count). The smallest absolute Gasteiger partial charge is 0.0631 e. The largest absolute Gasteiger partial charge is 0.394 e. The van der Waals surface area contributed by atoms with Crippen molar-refractivity contribution < 1.29 is 10.2 Å². The molecule has 0 aromatic carbocycles. The monoisotopic (exact) mass is 141 g/mol. The van der Waals surface area contributed by atoms with Crippen molar-refractivity contribution in [3.8, 4) is 0 Å². The fraction of sp³-hybridized carbons (Fsp3) is 1.00. The minimum atomic E-state index is -0.806. The standard InChI is InChI=1S/C4H11NO2.ClH/c1-4(5,2-6)3-7;/h6-7H,2-3,5H2,1H3;1H. The maximum absolute atomic E-state index is 8.31. The molecule has 0 aromatic heterocycles. The van der Waals surface area contributed by atoms with Gasteiger partial charge in [0.15, 0.2) is 0 Å². The fourth-order valence-corrected chi connectivity index (χ4v) is 0.0500. The summed E-state index contributed by atoms with van der Waals surface area (Å²) >= 11 is 0. The molecule has 4 heteroatoms. The third-order valence-electron chi connectivity index (χ3n) is 0.722. The van der Waals surface area contributed by atoms with Gasteiger partial charge in [0, 0.05) is 0 Å². The second kappa shape index (κ2) is 4.09. The molecule has 0 radical (unpaired) electrons. The third-order valence-corrected chi connectivity index (χ3v) is 0.722. The van der Waals surface area contributed by atoms with E-state index in [1.165, 1.54) is 0 Å². The molecule has 0 amide bonds. The van der Waals surface area contributed by atoms with E-state index in [2.05, 4.69) is 0 Å². The lowest BCUT2D eigenvalue weighted by molar-refractivity contribution is 0.134. The van der Waals surface area contributed by atoms with Crippen LogP contribution in [0.4, 0.5) is 0 Å². The van der Waals surface area contributed by atoms with Crippen LogP contribution >= 0.6 is 12.4 Å². The molecule has 0 spiro atoms. The van der Waals surface area contributed by atoms with Gasteiger partial charge in [-0.2, -0.15) is 0 Å². The molecular formula is C4H12ClNO2. The van der Waals surface area contributed by atoms with E-state index < -0.39 is 5.54 Å². The van der Waals surface area contributed by atoms with Gasteiger partial charge in [0.1, 0.15) is 0 Å². The van der Waals surface area contributed by atoms with E-state index in [0.29, 0.717) is 0 Å². The summed E-state index contributed by atoms with van der Waals surface area (Å²) in [6, 6.07) is 0.